The standard InChI is InChI=1S/C7H10N2/c1-2-3-7-6(8)4-5-9-7/h3-5,8-9H,2H2,1H3/b7-3+,8-6?. The van der Waals surface area contributed by atoms with Gasteiger partial charge in [-0.1, -0.05) is 13.0 Å². The Hall–Kier alpha value is -1.05. The summed E-state index contributed by atoms with van der Waals surface area (Å²) in [4.78, 5) is 0. The summed E-state index contributed by atoms with van der Waals surface area (Å²) in [5.41, 5.74) is 1.51. The van der Waals surface area contributed by atoms with E-state index in [-0.39, 0.29) is 0 Å². The lowest BCUT2D eigenvalue weighted by molar-refractivity contribution is 1.11. The molecular weight excluding hydrogens is 112 g/mol. The fourth-order valence-electron chi connectivity index (χ4n) is 0.755. The summed E-state index contributed by atoms with van der Waals surface area (Å²) >= 11 is 0. The van der Waals surface area contributed by atoms with Crippen molar-refractivity contribution >= 4 is 5.71 Å². The van der Waals surface area contributed by atoms with Gasteiger partial charge >= 0.3 is 0 Å². The molecule has 1 heterocycles. The van der Waals surface area contributed by atoms with Gasteiger partial charge in [0.25, 0.3) is 0 Å². The molecule has 2 heteroatoms. The van der Waals surface area contributed by atoms with Crippen LogP contribution in [0.5, 0.6) is 0 Å². The number of allylic oxidation sites excluding steroid dienone is 2. The van der Waals surface area contributed by atoms with Crippen LogP contribution >= 0.6 is 0 Å². The molecule has 0 aromatic heterocycles. The Morgan fingerprint density at radius 2 is 2.56 bits per heavy atom. The molecule has 0 saturated heterocycles. The third kappa shape index (κ3) is 1.19. The molecule has 0 amide bonds. The van der Waals surface area contributed by atoms with Crippen LogP contribution in [0.2, 0.25) is 0 Å². The van der Waals surface area contributed by atoms with Gasteiger partial charge in [-0.15, -0.1) is 0 Å². The normalized spacial score (nSPS) is 21.0. The van der Waals surface area contributed by atoms with E-state index in [1.807, 2.05) is 6.08 Å². The maximum atomic E-state index is 7.29. The molecule has 0 radical (unpaired) electrons. The molecule has 0 fully saturated rings. The molecule has 0 aromatic carbocycles. The molecule has 0 aromatic rings. The van der Waals surface area contributed by atoms with E-state index < -0.39 is 0 Å². The number of nitrogens with one attached hydrogen (secondary N) is 2. The van der Waals surface area contributed by atoms with Crippen molar-refractivity contribution in [2.45, 2.75) is 13.3 Å². The SMILES string of the molecule is CC/C=C1/NC=CC1=N. The van der Waals surface area contributed by atoms with Crippen LogP contribution in [0.25, 0.3) is 0 Å². The summed E-state index contributed by atoms with van der Waals surface area (Å²) in [6.07, 6.45) is 6.51. The largest absolute Gasteiger partial charge is 0.360 e. The van der Waals surface area contributed by atoms with Gasteiger partial charge in [0.2, 0.25) is 0 Å². The molecule has 2 N–H and O–H groups in total. The van der Waals surface area contributed by atoms with Crippen LogP contribution in [0.4, 0.5) is 0 Å². The first-order chi connectivity index (χ1) is 4.34. The highest BCUT2D eigenvalue weighted by Gasteiger charge is 2.03. The van der Waals surface area contributed by atoms with Crippen molar-refractivity contribution in [3.8, 4) is 0 Å². The molecule has 9 heavy (non-hydrogen) atoms. The van der Waals surface area contributed by atoms with Gasteiger partial charge in [-0.05, 0) is 12.5 Å². The highest BCUT2D eigenvalue weighted by Crippen LogP contribution is 2.01. The summed E-state index contributed by atoms with van der Waals surface area (Å²) in [6, 6.07) is 0. The van der Waals surface area contributed by atoms with E-state index >= 15 is 0 Å². The van der Waals surface area contributed by atoms with Crippen LogP contribution in [-0.4, -0.2) is 5.71 Å². The monoisotopic (exact) mass is 122 g/mol. The number of hydrogen-bond acceptors (Lipinski definition) is 2. The van der Waals surface area contributed by atoms with Gasteiger partial charge in [-0.3, -0.25) is 5.41 Å². The van der Waals surface area contributed by atoms with Crippen LogP contribution in [0.15, 0.2) is 24.0 Å². The Kier molecular flexibility index (Phi) is 1.68. The fraction of sp³-hybridized carbons (Fsp3) is 0.286. The molecule has 1 aliphatic heterocycles. The Morgan fingerprint density at radius 3 is 3.00 bits per heavy atom. The Bertz CT molecular complexity index is 177. The first-order valence-corrected chi connectivity index (χ1v) is 3.06. The minimum Gasteiger partial charge on any atom is -0.360 e. The number of hydrogen-bond donors (Lipinski definition) is 2. The van der Waals surface area contributed by atoms with Crippen LogP contribution in [0.3, 0.4) is 0 Å². The topological polar surface area (TPSA) is 35.9 Å². The zero-order valence-corrected chi connectivity index (χ0v) is 5.44. The van der Waals surface area contributed by atoms with E-state index in [1.54, 1.807) is 12.3 Å². The van der Waals surface area contributed by atoms with Gasteiger partial charge in [0.1, 0.15) is 0 Å². The first kappa shape index (κ1) is 6.08. The average Bonchev–Trinajstić information content (AvgIpc) is 2.18. The van der Waals surface area contributed by atoms with Gasteiger partial charge in [0.05, 0.1) is 11.4 Å². The second-order valence-electron chi connectivity index (χ2n) is 1.92. The summed E-state index contributed by atoms with van der Waals surface area (Å²) < 4.78 is 0. The third-order valence-corrected chi connectivity index (χ3v) is 1.19. The van der Waals surface area contributed by atoms with Crippen molar-refractivity contribution in [2.24, 2.45) is 0 Å². The van der Waals surface area contributed by atoms with E-state index in [2.05, 4.69) is 12.2 Å². The lowest BCUT2D eigenvalue weighted by Gasteiger charge is -1.94. The van der Waals surface area contributed by atoms with E-state index in [0.717, 1.165) is 12.1 Å². The van der Waals surface area contributed by atoms with Crippen molar-refractivity contribution < 1.29 is 0 Å². The van der Waals surface area contributed by atoms with Crippen molar-refractivity contribution in [1.82, 2.24) is 5.32 Å². The average molecular weight is 122 g/mol. The van der Waals surface area contributed by atoms with E-state index in [0.29, 0.717) is 5.71 Å². The molecule has 0 saturated carbocycles. The summed E-state index contributed by atoms with van der Waals surface area (Å²) in [7, 11) is 0. The molecule has 0 atom stereocenters. The van der Waals surface area contributed by atoms with Crippen LogP contribution in [0.1, 0.15) is 13.3 Å². The smallest absolute Gasteiger partial charge is 0.0785 e. The fourth-order valence-corrected chi connectivity index (χ4v) is 0.755. The van der Waals surface area contributed by atoms with Crippen molar-refractivity contribution in [3.63, 3.8) is 0 Å². The number of rotatable bonds is 1. The lowest BCUT2D eigenvalue weighted by Crippen LogP contribution is -2.03. The molecule has 1 rings (SSSR count). The van der Waals surface area contributed by atoms with Gasteiger partial charge in [-0.2, -0.15) is 0 Å². The lowest BCUT2D eigenvalue weighted by atomic mass is 10.3. The highest BCUT2D eigenvalue weighted by molar-refractivity contribution is 6.07. The van der Waals surface area contributed by atoms with E-state index in [1.165, 1.54) is 0 Å². The molecular formula is C7H10N2. The first-order valence-electron chi connectivity index (χ1n) is 3.06. The van der Waals surface area contributed by atoms with Crippen molar-refractivity contribution in [1.29, 1.82) is 5.41 Å². The Labute approximate surface area is 54.8 Å². The summed E-state index contributed by atoms with van der Waals surface area (Å²) in [5, 5.41) is 10.3. The van der Waals surface area contributed by atoms with E-state index in [4.69, 9.17) is 5.41 Å². The van der Waals surface area contributed by atoms with Crippen LogP contribution < -0.4 is 5.32 Å². The second-order valence-corrected chi connectivity index (χ2v) is 1.92. The van der Waals surface area contributed by atoms with Crippen LogP contribution in [-0.2, 0) is 0 Å². The Balaban J connectivity index is 2.66. The molecule has 1 aliphatic rings. The quantitative estimate of drug-likeness (QED) is 0.542. The van der Waals surface area contributed by atoms with Gasteiger partial charge in [0.15, 0.2) is 0 Å². The molecule has 0 spiro atoms. The second kappa shape index (κ2) is 2.49. The summed E-state index contributed by atoms with van der Waals surface area (Å²) in [5.74, 6) is 0. The van der Waals surface area contributed by atoms with Gasteiger partial charge in [-0.25, -0.2) is 0 Å². The van der Waals surface area contributed by atoms with Crippen LogP contribution in [0, 0.1) is 5.41 Å². The third-order valence-electron chi connectivity index (χ3n) is 1.19. The Morgan fingerprint density at radius 1 is 1.78 bits per heavy atom. The molecule has 48 valence electrons. The predicted molar refractivity (Wildman–Crippen MR) is 38.4 cm³/mol. The summed E-state index contributed by atoms with van der Waals surface area (Å²) in [6.45, 7) is 2.06. The van der Waals surface area contributed by atoms with E-state index in [9.17, 15) is 0 Å². The zero-order valence-electron chi connectivity index (χ0n) is 5.44. The van der Waals surface area contributed by atoms with Crippen molar-refractivity contribution in [2.75, 3.05) is 0 Å². The molecule has 0 unspecified atom stereocenters. The molecule has 0 bridgehead atoms. The van der Waals surface area contributed by atoms with Gasteiger partial charge in [0, 0.05) is 6.20 Å². The molecule has 2 nitrogen and oxygen atoms in total. The highest BCUT2D eigenvalue weighted by atomic mass is 14.9. The maximum absolute atomic E-state index is 7.29. The maximum Gasteiger partial charge on any atom is 0.0785 e. The predicted octanol–water partition coefficient (Wildman–Crippen LogP) is 1.42. The minimum atomic E-state index is 0.580. The molecule has 0 aliphatic carbocycles. The van der Waals surface area contributed by atoms with Gasteiger partial charge < -0.3 is 5.32 Å². The van der Waals surface area contributed by atoms with Crippen molar-refractivity contribution in [3.05, 3.63) is 24.0 Å². The zero-order chi connectivity index (χ0) is 6.69. The minimum absolute atomic E-state index is 0.580.